The van der Waals surface area contributed by atoms with Gasteiger partial charge in [0.05, 0.1) is 6.61 Å². The predicted octanol–water partition coefficient (Wildman–Crippen LogP) is 0.106. The highest BCUT2D eigenvalue weighted by Gasteiger charge is 2.51. The topological polar surface area (TPSA) is 158 Å². The van der Waals surface area contributed by atoms with E-state index in [1.165, 1.54) is 12.3 Å². The Bertz CT molecular complexity index is 887. The number of hydrogen-bond acceptors (Lipinski definition) is 11. The molecule has 1 unspecified atom stereocenters. The van der Waals surface area contributed by atoms with E-state index in [2.05, 4.69) is 4.98 Å². The van der Waals surface area contributed by atoms with Crippen molar-refractivity contribution >= 4 is 17.8 Å². The molecule has 0 spiro atoms. The average molecular weight is 439 g/mol. The van der Waals surface area contributed by atoms with Crippen molar-refractivity contribution in [2.75, 3.05) is 12.1 Å². The summed E-state index contributed by atoms with van der Waals surface area (Å²) in [5.74, 6) is -1.70. The van der Waals surface area contributed by atoms with E-state index in [1.54, 1.807) is 5.48 Å². The summed E-state index contributed by atoms with van der Waals surface area (Å²) in [7, 11) is 0. The molecule has 3 N–H and O–H groups in total. The van der Waals surface area contributed by atoms with Gasteiger partial charge in [-0.05, 0) is 12.5 Å². The lowest BCUT2D eigenvalue weighted by atomic mass is 10.1. The monoisotopic (exact) mass is 439 g/mol. The summed E-state index contributed by atoms with van der Waals surface area (Å²) in [6, 6.07) is 1.31. The normalized spacial score (nSPS) is 28.5. The number of nitrogens with one attached hydrogen (secondary N) is 1. The molecule has 2 aliphatic rings. The van der Waals surface area contributed by atoms with Gasteiger partial charge in [-0.15, -0.1) is 0 Å². The van der Waals surface area contributed by atoms with Crippen LogP contribution in [0.15, 0.2) is 29.2 Å². The Balaban J connectivity index is 1.83. The number of aromatic nitrogens is 2. The highest BCUT2D eigenvalue weighted by Crippen LogP contribution is 2.35. The lowest BCUT2D eigenvalue weighted by Crippen LogP contribution is -2.42. The molecule has 0 aromatic carbocycles. The van der Waals surface area contributed by atoms with E-state index < -0.39 is 48.5 Å². The second kappa shape index (κ2) is 10.0. The lowest BCUT2D eigenvalue weighted by Gasteiger charge is -2.25. The number of esters is 2. The molecule has 12 nitrogen and oxygen atoms in total. The molecule has 170 valence electrons. The first-order valence-electron chi connectivity index (χ1n) is 9.87. The summed E-state index contributed by atoms with van der Waals surface area (Å²) in [5.41, 5.74) is 0.979. The van der Waals surface area contributed by atoms with Gasteiger partial charge in [-0.1, -0.05) is 13.8 Å². The molecule has 0 amide bonds. The van der Waals surface area contributed by atoms with Crippen LogP contribution >= 0.6 is 0 Å². The third kappa shape index (κ3) is 5.28. The molecule has 2 aliphatic heterocycles. The molecule has 0 aliphatic carbocycles. The van der Waals surface area contributed by atoms with Gasteiger partial charge in [0.2, 0.25) is 0 Å². The molecule has 12 heteroatoms. The number of aliphatic hydroxyl groups excluding tert-OH is 1. The molecule has 0 bridgehead atoms. The summed E-state index contributed by atoms with van der Waals surface area (Å²) in [4.78, 5) is 40.1. The van der Waals surface area contributed by atoms with E-state index in [-0.39, 0.29) is 24.8 Å². The van der Waals surface area contributed by atoms with Gasteiger partial charge < -0.3 is 24.1 Å². The fraction of sp³-hybridized carbons (Fsp3) is 0.579. The van der Waals surface area contributed by atoms with Crippen LogP contribution < -0.4 is 11.2 Å². The Labute approximate surface area is 177 Å². The van der Waals surface area contributed by atoms with Crippen molar-refractivity contribution in [3.63, 3.8) is 0 Å². The van der Waals surface area contributed by atoms with Crippen molar-refractivity contribution in [2.45, 2.75) is 57.5 Å². The van der Waals surface area contributed by atoms with Crippen LogP contribution in [-0.2, 0) is 28.5 Å². The minimum Gasteiger partial charge on any atom is -0.452 e. The van der Waals surface area contributed by atoms with Gasteiger partial charge in [0.25, 0.3) is 0 Å². The summed E-state index contributed by atoms with van der Waals surface area (Å²) in [6.07, 6.45) is -0.946. The first-order chi connectivity index (χ1) is 14.8. The first kappa shape index (κ1) is 22.9. The van der Waals surface area contributed by atoms with Gasteiger partial charge in [-0.3, -0.25) is 15.3 Å². The second-order valence-electron chi connectivity index (χ2n) is 7.25. The van der Waals surface area contributed by atoms with Crippen LogP contribution in [0, 0.1) is 5.92 Å². The van der Waals surface area contributed by atoms with Gasteiger partial charge in [0.15, 0.2) is 30.5 Å². The van der Waals surface area contributed by atoms with Crippen molar-refractivity contribution in [2.24, 2.45) is 5.92 Å². The van der Waals surface area contributed by atoms with Crippen molar-refractivity contribution < 1.29 is 38.9 Å². The number of aliphatic hydroxyl groups is 1. The Morgan fingerprint density at radius 1 is 1.23 bits per heavy atom. The Hall–Kier alpha value is -2.80. The van der Waals surface area contributed by atoms with Crippen LogP contribution in [-0.4, -0.2) is 63.0 Å². The van der Waals surface area contributed by atoms with Crippen molar-refractivity contribution in [1.29, 1.82) is 0 Å². The van der Waals surface area contributed by atoms with E-state index in [4.69, 9.17) is 24.2 Å². The molecule has 1 saturated heterocycles. The smallest absolute Gasteiger partial charge is 0.351 e. The molecule has 6 atom stereocenters. The fourth-order valence-electron chi connectivity index (χ4n) is 3.25. The zero-order valence-electron chi connectivity index (χ0n) is 17.0. The van der Waals surface area contributed by atoms with Gasteiger partial charge in [0.1, 0.15) is 6.10 Å². The average Bonchev–Trinajstić information content (AvgIpc) is 3.06. The molecule has 31 heavy (non-hydrogen) atoms. The molecule has 3 heterocycles. The van der Waals surface area contributed by atoms with Crippen molar-refractivity contribution in [3.8, 4) is 0 Å². The van der Waals surface area contributed by atoms with Gasteiger partial charge >= 0.3 is 17.6 Å². The standard InChI is InChI=1S/C19H25N3O9/c1-3-10(2)18(25)28-9-7-11-15-16(31-14(24)5-4-13(23)30-15)17(29-11)22-8-6-12(21-27)20-19(22)26/h4-6,8,10-11,15-18,25,27H,3,7,9H2,1-2H3,(H,20,21,26)/b5-4-/t10-,11+,15+,16+,17+,18?/m0/s1. The van der Waals surface area contributed by atoms with Crippen LogP contribution in [0.1, 0.15) is 32.9 Å². The van der Waals surface area contributed by atoms with Crippen LogP contribution in [0.25, 0.3) is 0 Å². The van der Waals surface area contributed by atoms with Crippen LogP contribution in [0.4, 0.5) is 5.82 Å². The summed E-state index contributed by atoms with van der Waals surface area (Å²) in [6.45, 7) is 3.84. The first-order valence-corrected chi connectivity index (χ1v) is 9.87. The molecular weight excluding hydrogens is 414 g/mol. The number of fused-ring (bicyclic) bond motifs is 1. The number of hydrogen-bond donors (Lipinski definition) is 3. The number of carbonyl (C=O) groups is 2. The summed E-state index contributed by atoms with van der Waals surface area (Å²) >= 11 is 0. The molecule has 1 aromatic heterocycles. The molecule has 0 radical (unpaired) electrons. The summed E-state index contributed by atoms with van der Waals surface area (Å²) in [5, 5.41) is 18.9. The van der Waals surface area contributed by atoms with Gasteiger partial charge in [-0.25, -0.2) is 14.4 Å². The minimum absolute atomic E-state index is 0.0707. The Morgan fingerprint density at radius 3 is 2.52 bits per heavy atom. The number of carbonyl (C=O) groups excluding carboxylic acids is 2. The largest absolute Gasteiger partial charge is 0.452 e. The number of nitrogens with zero attached hydrogens (tertiary/aromatic N) is 2. The predicted molar refractivity (Wildman–Crippen MR) is 103 cm³/mol. The number of anilines is 1. The Morgan fingerprint density at radius 2 is 1.90 bits per heavy atom. The van der Waals surface area contributed by atoms with Gasteiger partial charge in [0, 0.05) is 30.7 Å². The number of ether oxygens (including phenoxy) is 4. The molecule has 1 fully saturated rings. The van der Waals surface area contributed by atoms with E-state index in [0.717, 1.165) is 23.1 Å². The Kier molecular flexibility index (Phi) is 7.38. The zero-order valence-corrected chi connectivity index (χ0v) is 17.0. The van der Waals surface area contributed by atoms with E-state index in [9.17, 15) is 19.5 Å². The second-order valence-corrected chi connectivity index (χ2v) is 7.25. The maximum atomic E-state index is 12.4. The van der Waals surface area contributed by atoms with E-state index >= 15 is 0 Å². The third-order valence-corrected chi connectivity index (χ3v) is 5.19. The maximum absolute atomic E-state index is 12.4. The molecule has 1 aromatic rings. The van der Waals surface area contributed by atoms with Crippen LogP contribution in [0.3, 0.4) is 0 Å². The third-order valence-electron chi connectivity index (χ3n) is 5.19. The van der Waals surface area contributed by atoms with E-state index in [0.29, 0.717) is 0 Å². The SMILES string of the molecule is CC[C@H](C)C(O)OCC[C@H]1O[C@@H](n2ccc(NO)nc2=O)[C@@H]2OC(=O)/C=C\C(=O)O[C@@H]21. The number of rotatable bonds is 8. The minimum atomic E-state index is -1.13. The molecule has 0 saturated carbocycles. The van der Waals surface area contributed by atoms with Crippen molar-refractivity contribution in [1.82, 2.24) is 9.55 Å². The molecular formula is C19H25N3O9. The summed E-state index contributed by atoms with van der Waals surface area (Å²) < 4.78 is 23.2. The maximum Gasteiger partial charge on any atom is 0.351 e. The zero-order chi connectivity index (χ0) is 22.5. The van der Waals surface area contributed by atoms with Crippen LogP contribution in [0.2, 0.25) is 0 Å². The highest BCUT2D eigenvalue weighted by molar-refractivity contribution is 5.92. The highest BCUT2D eigenvalue weighted by atomic mass is 16.6. The van der Waals surface area contributed by atoms with Gasteiger partial charge in [-0.2, -0.15) is 4.98 Å². The molecule has 3 rings (SSSR count). The van der Waals surface area contributed by atoms with Crippen LogP contribution in [0.5, 0.6) is 0 Å². The lowest BCUT2D eigenvalue weighted by molar-refractivity contribution is -0.164. The fourth-order valence-corrected chi connectivity index (χ4v) is 3.25. The quantitative estimate of drug-likeness (QED) is 0.287. The van der Waals surface area contributed by atoms with Crippen molar-refractivity contribution in [3.05, 3.63) is 34.9 Å². The van der Waals surface area contributed by atoms with E-state index in [1.807, 2.05) is 13.8 Å².